The zero-order valence-electron chi connectivity index (χ0n) is 18.7. The number of allylic oxidation sites excluding steroid dienone is 1. The molecule has 1 aromatic carbocycles. The van der Waals surface area contributed by atoms with Gasteiger partial charge in [0.1, 0.15) is 11.5 Å². The molecule has 1 atom stereocenters. The molecule has 1 fully saturated rings. The molecule has 1 unspecified atom stereocenters. The number of anilines is 1. The molecule has 0 amide bonds. The van der Waals surface area contributed by atoms with Crippen molar-refractivity contribution in [2.75, 3.05) is 30.5 Å². The van der Waals surface area contributed by atoms with E-state index >= 15 is 4.39 Å². The van der Waals surface area contributed by atoms with Crippen molar-refractivity contribution in [1.82, 2.24) is 14.2 Å². The molecule has 0 N–H and O–H groups in total. The standard InChI is InChI=1S/C23H25F3N6OS/c1-16(2)30-8-10-31(11-9-30)34(33)32(19-4-3-7-27-14-19)15-18-6-5-17(12-20(18)24)21-13-22(23(25)26)29-28-21/h3-7,12,14,23H,1,8-11,13,15H2,2H3. The van der Waals surface area contributed by atoms with E-state index in [-0.39, 0.29) is 18.7 Å². The molecule has 0 aliphatic carbocycles. The lowest BCUT2D eigenvalue weighted by Crippen LogP contribution is -2.49. The van der Waals surface area contributed by atoms with E-state index in [1.54, 1.807) is 41.0 Å². The van der Waals surface area contributed by atoms with Crippen molar-refractivity contribution in [2.45, 2.75) is 26.3 Å². The van der Waals surface area contributed by atoms with Crippen molar-refractivity contribution in [1.29, 1.82) is 0 Å². The minimum atomic E-state index is -2.69. The van der Waals surface area contributed by atoms with Gasteiger partial charge in [-0.25, -0.2) is 21.7 Å². The molecule has 34 heavy (non-hydrogen) atoms. The van der Waals surface area contributed by atoms with E-state index in [2.05, 4.69) is 26.7 Å². The van der Waals surface area contributed by atoms with E-state index in [9.17, 15) is 13.0 Å². The summed E-state index contributed by atoms with van der Waals surface area (Å²) in [5.41, 5.74) is 2.24. The smallest absolute Gasteiger partial charge is 0.278 e. The van der Waals surface area contributed by atoms with Crippen LogP contribution in [0.3, 0.4) is 0 Å². The summed E-state index contributed by atoms with van der Waals surface area (Å²) in [4.78, 5) is 6.26. The van der Waals surface area contributed by atoms with Gasteiger partial charge in [0.25, 0.3) is 6.43 Å². The molecule has 7 nitrogen and oxygen atoms in total. The fraction of sp³-hybridized carbons (Fsp3) is 0.348. The Kier molecular flexibility index (Phi) is 7.42. The van der Waals surface area contributed by atoms with E-state index in [1.807, 2.05) is 11.2 Å². The first-order chi connectivity index (χ1) is 16.3. The fourth-order valence-corrected chi connectivity index (χ4v) is 5.05. The number of halogens is 3. The van der Waals surface area contributed by atoms with Crippen molar-refractivity contribution in [2.24, 2.45) is 10.2 Å². The monoisotopic (exact) mass is 490 g/mol. The summed E-state index contributed by atoms with van der Waals surface area (Å²) in [6, 6.07) is 7.95. The molecule has 2 aliphatic heterocycles. The van der Waals surface area contributed by atoms with E-state index in [0.717, 1.165) is 5.70 Å². The van der Waals surface area contributed by atoms with E-state index in [4.69, 9.17) is 0 Å². The molecule has 2 aromatic rings. The third-order valence-corrected chi connectivity index (χ3v) is 7.25. The van der Waals surface area contributed by atoms with Crippen LogP contribution in [0.5, 0.6) is 0 Å². The molecule has 0 radical (unpaired) electrons. The molecular formula is C23H25F3N6OS. The number of piperazine rings is 1. The Labute approximate surface area is 199 Å². The van der Waals surface area contributed by atoms with Gasteiger partial charge in [-0.2, -0.15) is 10.2 Å². The Morgan fingerprint density at radius 2 is 1.97 bits per heavy atom. The number of rotatable bonds is 8. The van der Waals surface area contributed by atoms with Gasteiger partial charge in [-0.3, -0.25) is 9.29 Å². The SMILES string of the molecule is C=C(C)N1CCN(S(=O)N(Cc2ccc(C3=NN=C(C(F)F)C3)cc2F)c2cccnc2)CC1. The molecule has 0 spiro atoms. The first-order valence-corrected chi connectivity index (χ1v) is 11.8. The average Bonchev–Trinajstić information content (AvgIpc) is 3.34. The summed E-state index contributed by atoms with van der Waals surface area (Å²) >= 11 is -1.57. The highest BCUT2D eigenvalue weighted by atomic mass is 32.2. The van der Waals surface area contributed by atoms with E-state index < -0.39 is 23.4 Å². The molecule has 11 heteroatoms. The number of alkyl halides is 2. The molecule has 1 aromatic heterocycles. The van der Waals surface area contributed by atoms with Crippen LogP contribution in [-0.2, 0) is 17.7 Å². The number of benzene rings is 1. The van der Waals surface area contributed by atoms with Crippen molar-refractivity contribution in [3.05, 3.63) is 71.9 Å². The van der Waals surface area contributed by atoms with Crippen LogP contribution >= 0.6 is 0 Å². The molecular weight excluding hydrogens is 465 g/mol. The van der Waals surface area contributed by atoms with Crippen LogP contribution < -0.4 is 4.31 Å². The summed E-state index contributed by atoms with van der Waals surface area (Å²) in [6.45, 7) is 8.50. The van der Waals surface area contributed by atoms with Gasteiger partial charge >= 0.3 is 0 Å². The average molecular weight is 491 g/mol. The highest BCUT2D eigenvalue weighted by Crippen LogP contribution is 2.24. The summed E-state index contributed by atoms with van der Waals surface area (Å²) in [6.07, 6.45) is 0.401. The number of pyridine rings is 1. The predicted molar refractivity (Wildman–Crippen MR) is 128 cm³/mol. The number of hydrogen-bond acceptors (Lipinski definition) is 5. The second-order valence-electron chi connectivity index (χ2n) is 8.05. The maximum Gasteiger partial charge on any atom is 0.278 e. The second-order valence-corrected chi connectivity index (χ2v) is 9.47. The van der Waals surface area contributed by atoms with Gasteiger partial charge < -0.3 is 4.90 Å². The van der Waals surface area contributed by atoms with Crippen molar-refractivity contribution < 1.29 is 17.4 Å². The topological polar surface area (TPSA) is 64.4 Å². The van der Waals surface area contributed by atoms with E-state index in [1.165, 1.54) is 6.07 Å². The van der Waals surface area contributed by atoms with Gasteiger partial charge in [-0.1, -0.05) is 18.7 Å². The van der Waals surface area contributed by atoms with Crippen molar-refractivity contribution in [3.8, 4) is 0 Å². The Hall–Kier alpha value is -3.05. The van der Waals surface area contributed by atoms with Gasteiger partial charge in [0.15, 0.2) is 11.2 Å². The summed E-state index contributed by atoms with van der Waals surface area (Å²) < 4.78 is 57.7. The zero-order chi connectivity index (χ0) is 24.2. The van der Waals surface area contributed by atoms with E-state index in [0.29, 0.717) is 48.7 Å². The molecule has 0 saturated carbocycles. The maximum atomic E-state index is 15.1. The van der Waals surface area contributed by atoms with Crippen LogP contribution in [0.1, 0.15) is 24.5 Å². The molecule has 2 aliphatic rings. The van der Waals surface area contributed by atoms with Gasteiger partial charge in [0.2, 0.25) is 0 Å². The summed E-state index contributed by atoms with van der Waals surface area (Å²) in [5, 5.41) is 7.26. The zero-order valence-corrected chi connectivity index (χ0v) is 19.5. The third kappa shape index (κ3) is 5.36. The summed E-state index contributed by atoms with van der Waals surface area (Å²) in [7, 11) is 0. The summed E-state index contributed by atoms with van der Waals surface area (Å²) in [5.74, 6) is -0.538. The third-order valence-electron chi connectivity index (χ3n) is 5.72. The Morgan fingerprint density at radius 3 is 2.56 bits per heavy atom. The van der Waals surface area contributed by atoms with Crippen LogP contribution in [0.4, 0.5) is 18.9 Å². The first-order valence-electron chi connectivity index (χ1n) is 10.8. The van der Waals surface area contributed by atoms with Gasteiger partial charge in [-0.15, -0.1) is 0 Å². The maximum absolute atomic E-state index is 15.1. The lowest BCUT2D eigenvalue weighted by Gasteiger charge is -2.37. The van der Waals surface area contributed by atoms with Gasteiger partial charge in [0.05, 0.1) is 24.1 Å². The molecule has 4 rings (SSSR count). The Bertz CT molecular complexity index is 1130. The largest absolute Gasteiger partial charge is 0.373 e. The fourth-order valence-electron chi connectivity index (χ4n) is 3.76. The van der Waals surface area contributed by atoms with Crippen molar-refractivity contribution in [3.63, 3.8) is 0 Å². The molecule has 0 bridgehead atoms. The predicted octanol–water partition coefficient (Wildman–Crippen LogP) is 3.77. The Morgan fingerprint density at radius 1 is 1.21 bits per heavy atom. The normalized spacial score (nSPS) is 17.5. The van der Waals surface area contributed by atoms with Gasteiger partial charge in [0, 0.05) is 55.6 Å². The second kappa shape index (κ2) is 10.5. The minimum absolute atomic E-state index is 0.0381. The van der Waals surface area contributed by atoms with Crippen LogP contribution in [-0.4, -0.2) is 62.4 Å². The molecule has 3 heterocycles. The van der Waals surface area contributed by atoms with Crippen LogP contribution in [0, 0.1) is 5.82 Å². The lowest BCUT2D eigenvalue weighted by molar-refractivity contribution is 0.224. The Balaban J connectivity index is 1.52. The highest BCUT2D eigenvalue weighted by molar-refractivity contribution is 7.84. The molecule has 1 saturated heterocycles. The quantitative estimate of drug-likeness (QED) is 0.566. The van der Waals surface area contributed by atoms with Crippen LogP contribution in [0.2, 0.25) is 0 Å². The first kappa shape index (κ1) is 24.1. The highest BCUT2D eigenvalue weighted by Gasteiger charge is 2.27. The number of hydrogen-bond donors (Lipinski definition) is 0. The van der Waals surface area contributed by atoms with Crippen molar-refractivity contribution >= 4 is 28.3 Å². The number of nitrogens with zero attached hydrogens (tertiary/aromatic N) is 6. The molecule has 180 valence electrons. The van der Waals surface area contributed by atoms with Crippen LogP contribution in [0.15, 0.2) is 65.2 Å². The minimum Gasteiger partial charge on any atom is -0.373 e. The van der Waals surface area contributed by atoms with Gasteiger partial charge in [-0.05, 0) is 25.1 Å². The lowest BCUT2D eigenvalue weighted by atomic mass is 10.0. The number of aromatic nitrogens is 1. The van der Waals surface area contributed by atoms with Crippen LogP contribution in [0.25, 0.3) is 0 Å².